The number of rotatable bonds is 4. The minimum Gasteiger partial charge on any atom is -0.371 e. The smallest absolute Gasteiger partial charge is 0.194 e. The van der Waals surface area contributed by atoms with Gasteiger partial charge in [0.05, 0.1) is 0 Å². The molecule has 0 saturated heterocycles. The first-order valence-electron chi connectivity index (χ1n) is 5.58. The van der Waals surface area contributed by atoms with Gasteiger partial charge in [0.2, 0.25) is 0 Å². The van der Waals surface area contributed by atoms with Gasteiger partial charge in [0.1, 0.15) is 5.60 Å². The van der Waals surface area contributed by atoms with Crippen molar-refractivity contribution in [3.63, 3.8) is 0 Å². The first-order valence-corrected chi connectivity index (χ1v) is 5.58. The summed E-state index contributed by atoms with van der Waals surface area (Å²) in [5, 5.41) is 0. The van der Waals surface area contributed by atoms with E-state index >= 15 is 0 Å². The largest absolute Gasteiger partial charge is 0.371 e. The Balaban J connectivity index is 2.94. The molecule has 0 heterocycles. The number of hydrogen-bond donors (Lipinski definition) is 0. The highest BCUT2D eigenvalue weighted by Crippen LogP contribution is 2.19. The summed E-state index contributed by atoms with van der Waals surface area (Å²) in [5.41, 5.74) is 1.20. The summed E-state index contributed by atoms with van der Waals surface area (Å²) in [4.78, 5) is 12.1. The minimum absolute atomic E-state index is 0.0188. The van der Waals surface area contributed by atoms with Crippen LogP contribution in [0.3, 0.4) is 0 Å². The molecule has 0 aliphatic heterocycles. The monoisotopic (exact) mass is 220 g/mol. The number of benzene rings is 1. The maximum atomic E-state index is 12.1. The average Bonchev–Trinajstić information content (AvgIpc) is 2.28. The van der Waals surface area contributed by atoms with Crippen LogP contribution in [0, 0.1) is 0 Å². The van der Waals surface area contributed by atoms with Crippen LogP contribution in [0.4, 0.5) is 0 Å². The molecule has 0 bridgehead atoms. The van der Waals surface area contributed by atoms with E-state index in [2.05, 4.69) is 13.8 Å². The summed E-state index contributed by atoms with van der Waals surface area (Å²) < 4.78 is 5.18. The molecule has 0 amide bonds. The minimum atomic E-state index is -0.751. The van der Waals surface area contributed by atoms with Gasteiger partial charge in [-0.05, 0) is 25.3 Å². The van der Waals surface area contributed by atoms with Gasteiger partial charge in [0.15, 0.2) is 5.78 Å². The average molecular weight is 220 g/mol. The Hall–Kier alpha value is -1.15. The summed E-state index contributed by atoms with van der Waals surface area (Å²) in [5.74, 6) is 0.505. The molecule has 0 spiro atoms. The Morgan fingerprint density at radius 3 is 2.06 bits per heavy atom. The van der Waals surface area contributed by atoms with Gasteiger partial charge in [-0.25, -0.2) is 0 Å². The SMILES string of the molecule is COC(C)(C)C(=O)c1ccc(C(C)C)cc1. The second-order valence-electron chi connectivity index (χ2n) is 4.82. The molecule has 0 aliphatic rings. The van der Waals surface area contributed by atoms with E-state index in [0.29, 0.717) is 11.5 Å². The van der Waals surface area contributed by atoms with Gasteiger partial charge >= 0.3 is 0 Å². The van der Waals surface area contributed by atoms with Crippen molar-refractivity contribution in [2.75, 3.05) is 7.11 Å². The molecule has 1 rings (SSSR count). The standard InChI is InChI=1S/C14H20O2/c1-10(2)11-6-8-12(9-7-11)13(15)14(3,4)16-5/h6-10H,1-5H3. The van der Waals surface area contributed by atoms with E-state index in [9.17, 15) is 4.79 Å². The van der Waals surface area contributed by atoms with Crippen LogP contribution in [0.2, 0.25) is 0 Å². The van der Waals surface area contributed by atoms with Crippen LogP contribution in [0.1, 0.15) is 49.5 Å². The molecular weight excluding hydrogens is 200 g/mol. The zero-order valence-electron chi connectivity index (χ0n) is 10.7. The number of carbonyl (C=O) groups is 1. The van der Waals surface area contributed by atoms with Crippen molar-refractivity contribution >= 4 is 5.78 Å². The van der Waals surface area contributed by atoms with Gasteiger partial charge in [-0.15, -0.1) is 0 Å². The second kappa shape index (κ2) is 4.79. The number of ether oxygens (including phenoxy) is 1. The molecule has 0 unspecified atom stereocenters. The fraction of sp³-hybridized carbons (Fsp3) is 0.500. The van der Waals surface area contributed by atoms with Crippen LogP contribution in [0.15, 0.2) is 24.3 Å². The summed E-state index contributed by atoms with van der Waals surface area (Å²) in [7, 11) is 1.56. The van der Waals surface area contributed by atoms with Crippen LogP contribution in [-0.4, -0.2) is 18.5 Å². The van der Waals surface area contributed by atoms with Gasteiger partial charge in [-0.1, -0.05) is 38.1 Å². The zero-order chi connectivity index (χ0) is 12.3. The van der Waals surface area contributed by atoms with Gasteiger partial charge in [0, 0.05) is 12.7 Å². The maximum absolute atomic E-state index is 12.1. The third-order valence-corrected chi connectivity index (χ3v) is 2.90. The lowest BCUT2D eigenvalue weighted by Crippen LogP contribution is -2.33. The van der Waals surface area contributed by atoms with Crippen molar-refractivity contribution in [2.45, 2.75) is 39.2 Å². The second-order valence-corrected chi connectivity index (χ2v) is 4.82. The van der Waals surface area contributed by atoms with E-state index in [-0.39, 0.29) is 5.78 Å². The third kappa shape index (κ3) is 2.70. The Morgan fingerprint density at radius 1 is 1.19 bits per heavy atom. The maximum Gasteiger partial charge on any atom is 0.194 e. The van der Waals surface area contributed by atoms with Crippen molar-refractivity contribution in [1.82, 2.24) is 0 Å². The summed E-state index contributed by atoms with van der Waals surface area (Å²) in [6.07, 6.45) is 0. The molecule has 88 valence electrons. The number of methoxy groups -OCH3 is 1. The molecule has 0 N–H and O–H groups in total. The molecular formula is C14H20O2. The van der Waals surface area contributed by atoms with Crippen LogP contribution < -0.4 is 0 Å². The van der Waals surface area contributed by atoms with Crippen LogP contribution in [-0.2, 0) is 4.74 Å². The molecule has 0 aliphatic carbocycles. The number of hydrogen-bond acceptors (Lipinski definition) is 2. The van der Waals surface area contributed by atoms with E-state index < -0.39 is 5.60 Å². The third-order valence-electron chi connectivity index (χ3n) is 2.90. The van der Waals surface area contributed by atoms with Crippen molar-refractivity contribution in [3.05, 3.63) is 35.4 Å². The molecule has 1 aromatic rings. The van der Waals surface area contributed by atoms with Crippen LogP contribution >= 0.6 is 0 Å². The highest BCUT2D eigenvalue weighted by Gasteiger charge is 2.27. The lowest BCUT2D eigenvalue weighted by Gasteiger charge is -2.21. The molecule has 0 atom stereocenters. The van der Waals surface area contributed by atoms with Crippen LogP contribution in [0.5, 0.6) is 0 Å². The zero-order valence-corrected chi connectivity index (χ0v) is 10.7. The first kappa shape index (κ1) is 12.9. The number of carbonyl (C=O) groups excluding carboxylic acids is 1. The Kier molecular flexibility index (Phi) is 3.87. The number of ketones is 1. The lowest BCUT2D eigenvalue weighted by molar-refractivity contribution is 0.0228. The van der Waals surface area contributed by atoms with Gasteiger partial charge in [-0.2, -0.15) is 0 Å². The molecule has 0 saturated carbocycles. The van der Waals surface area contributed by atoms with Crippen molar-refractivity contribution in [2.24, 2.45) is 0 Å². The van der Waals surface area contributed by atoms with E-state index in [1.165, 1.54) is 5.56 Å². The van der Waals surface area contributed by atoms with E-state index in [1.807, 2.05) is 24.3 Å². The van der Waals surface area contributed by atoms with E-state index in [0.717, 1.165) is 0 Å². The van der Waals surface area contributed by atoms with Crippen molar-refractivity contribution < 1.29 is 9.53 Å². The first-order chi connectivity index (χ1) is 7.38. The summed E-state index contributed by atoms with van der Waals surface area (Å²) >= 11 is 0. The Morgan fingerprint density at radius 2 is 1.69 bits per heavy atom. The predicted octanol–water partition coefficient (Wildman–Crippen LogP) is 3.42. The van der Waals surface area contributed by atoms with Crippen molar-refractivity contribution in [3.8, 4) is 0 Å². The molecule has 0 aromatic heterocycles. The highest BCUT2D eigenvalue weighted by atomic mass is 16.5. The fourth-order valence-electron chi connectivity index (χ4n) is 1.46. The van der Waals surface area contributed by atoms with Crippen molar-refractivity contribution in [1.29, 1.82) is 0 Å². The quantitative estimate of drug-likeness (QED) is 0.727. The predicted molar refractivity (Wildman–Crippen MR) is 65.9 cm³/mol. The van der Waals surface area contributed by atoms with Crippen LogP contribution in [0.25, 0.3) is 0 Å². The highest BCUT2D eigenvalue weighted by molar-refractivity contribution is 6.01. The topological polar surface area (TPSA) is 26.3 Å². The van der Waals surface area contributed by atoms with Gasteiger partial charge in [0.25, 0.3) is 0 Å². The fourth-order valence-corrected chi connectivity index (χ4v) is 1.46. The van der Waals surface area contributed by atoms with E-state index in [1.54, 1.807) is 21.0 Å². The lowest BCUT2D eigenvalue weighted by atomic mass is 9.94. The summed E-state index contributed by atoms with van der Waals surface area (Å²) in [6.45, 7) is 7.84. The molecule has 2 nitrogen and oxygen atoms in total. The van der Waals surface area contributed by atoms with E-state index in [4.69, 9.17) is 4.74 Å². The summed E-state index contributed by atoms with van der Waals surface area (Å²) in [6, 6.07) is 7.75. The molecule has 1 aromatic carbocycles. The normalized spacial score (nSPS) is 11.9. The molecule has 2 heteroatoms. The Bertz CT molecular complexity index is 361. The molecule has 16 heavy (non-hydrogen) atoms. The van der Waals surface area contributed by atoms with Gasteiger partial charge < -0.3 is 4.74 Å². The Labute approximate surface area is 97.6 Å². The van der Waals surface area contributed by atoms with Gasteiger partial charge in [-0.3, -0.25) is 4.79 Å². The molecule has 0 radical (unpaired) electrons. The molecule has 0 fully saturated rings. The number of Topliss-reactive ketones (excluding diaryl/α,β-unsaturated/α-hetero) is 1.